The van der Waals surface area contributed by atoms with Gasteiger partial charge in [0.25, 0.3) is 0 Å². The maximum Gasteiger partial charge on any atom is 0.300 e. The van der Waals surface area contributed by atoms with Gasteiger partial charge in [-0.1, -0.05) is 10.1 Å². The molecule has 0 aromatic carbocycles. The standard InChI is InChI=1S/C12H18N4O8S2.2BrH/c1(25-9-13-7-11(19-3-17-7)15(9)23-5-21-11)2-26-10-14-8-12(20-4-18-8)16(10)24-6-22-12;;/h7-10,13-14H,1-6H2;2*1H. The molecule has 2 spiro atoms. The first-order valence-corrected chi connectivity index (χ1v) is 10.3. The first kappa shape index (κ1) is 22.4. The normalized spacial score (nSPS) is 46.7. The van der Waals surface area contributed by atoms with Crippen molar-refractivity contribution in [2.45, 2.75) is 35.3 Å². The van der Waals surface area contributed by atoms with E-state index in [4.69, 9.17) is 38.1 Å². The molecule has 6 atom stereocenters. The summed E-state index contributed by atoms with van der Waals surface area (Å²) in [4.78, 5) is 11.1. The van der Waals surface area contributed by atoms with E-state index >= 15 is 0 Å². The van der Waals surface area contributed by atoms with E-state index in [1.807, 2.05) is 0 Å². The van der Waals surface area contributed by atoms with Gasteiger partial charge in [-0.25, -0.2) is 0 Å². The van der Waals surface area contributed by atoms with Gasteiger partial charge in [-0.05, 0) is 0 Å². The summed E-state index contributed by atoms with van der Waals surface area (Å²) in [6.07, 6.45) is -0.703. The van der Waals surface area contributed by atoms with Crippen LogP contribution < -0.4 is 10.6 Å². The van der Waals surface area contributed by atoms with E-state index in [0.717, 1.165) is 11.5 Å². The fraction of sp³-hybridized carbons (Fsp3) is 1.00. The molecule has 16 heteroatoms. The molecule has 6 unspecified atom stereocenters. The van der Waals surface area contributed by atoms with Crippen LogP contribution in [0.4, 0.5) is 0 Å². The van der Waals surface area contributed by atoms with Crippen molar-refractivity contribution in [1.29, 1.82) is 0 Å². The summed E-state index contributed by atoms with van der Waals surface area (Å²) in [7, 11) is 0. The summed E-state index contributed by atoms with van der Waals surface area (Å²) in [5.74, 6) is -0.206. The first-order chi connectivity index (χ1) is 12.8. The van der Waals surface area contributed by atoms with Gasteiger partial charge in [0.05, 0.1) is 0 Å². The molecule has 6 aliphatic rings. The molecule has 0 saturated carbocycles. The number of nitrogens with zero attached hydrogens (tertiary/aromatic N) is 2. The predicted molar refractivity (Wildman–Crippen MR) is 104 cm³/mol. The van der Waals surface area contributed by atoms with Crippen LogP contribution in [0.2, 0.25) is 0 Å². The van der Waals surface area contributed by atoms with Gasteiger partial charge in [0.15, 0.2) is 39.6 Å². The first-order valence-electron chi connectivity index (χ1n) is 8.21. The Morgan fingerprint density at radius 2 is 1.14 bits per heavy atom. The molecule has 0 aromatic heterocycles. The van der Waals surface area contributed by atoms with E-state index in [1.165, 1.54) is 0 Å². The van der Waals surface area contributed by atoms with Crippen LogP contribution in [0.15, 0.2) is 0 Å². The highest BCUT2D eigenvalue weighted by molar-refractivity contribution is 8.93. The molecule has 28 heavy (non-hydrogen) atoms. The Kier molecular flexibility index (Phi) is 6.88. The molecule has 6 aliphatic heterocycles. The molecule has 6 rings (SSSR count). The average molecular weight is 572 g/mol. The number of ether oxygens (including phenoxy) is 6. The lowest BCUT2D eigenvalue weighted by Crippen LogP contribution is -2.46. The minimum atomic E-state index is -0.961. The minimum absolute atomic E-state index is 0. The SMILES string of the molecule is Br.Br.C1OC2NC(SCCSC3NC4OCOC45OCON35)N3OCOC23O1. The molecule has 0 amide bonds. The average Bonchev–Trinajstić information content (AvgIpc) is 3.40. The van der Waals surface area contributed by atoms with E-state index in [0.29, 0.717) is 0 Å². The number of thioether (sulfide) groups is 2. The zero-order valence-corrected chi connectivity index (χ0v) is 19.4. The topological polar surface area (TPSA) is 104 Å². The molecule has 6 heterocycles. The second kappa shape index (κ2) is 8.61. The monoisotopic (exact) mass is 570 g/mol. The summed E-state index contributed by atoms with van der Waals surface area (Å²) in [6, 6.07) is 0. The van der Waals surface area contributed by atoms with Gasteiger partial charge < -0.3 is 28.4 Å². The lowest BCUT2D eigenvalue weighted by atomic mass is 10.4. The fourth-order valence-corrected chi connectivity index (χ4v) is 6.03. The maximum atomic E-state index is 5.60. The van der Waals surface area contributed by atoms with Gasteiger partial charge in [-0.3, -0.25) is 20.3 Å². The highest BCUT2D eigenvalue weighted by Crippen LogP contribution is 2.44. The number of halogens is 2. The Hall–Kier alpha value is 1.18. The predicted octanol–water partition coefficient (Wildman–Crippen LogP) is -0.207. The molecule has 12 nitrogen and oxygen atoms in total. The summed E-state index contributed by atoms with van der Waals surface area (Å²) in [6.45, 7) is 0.691. The van der Waals surface area contributed by atoms with Crippen LogP contribution in [0.25, 0.3) is 0 Å². The maximum absolute atomic E-state index is 5.60. The van der Waals surface area contributed by atoms with Crippen LogP contribution in [-0.4, -0.2) is 84.1 Å². The number of rotatable bonds is 5. The molecular formula is C12H20Br2N4O8S2. The van der Waals surface area contributed by atoms with E-state index in [9.17, 15) is 0 Å². The van der Waals surface area contributed by atoms with Crippen molar-refractivity contribution in [2.75, 3.05) is 38.7 Å². The molecule has 162 valence electrons. The second-order valence-electron chi connectivity index (χ2n) is 6.09. The number of hydroxylamine groups is 4. The number of hydrogen-bond acceptors (Lipinski definition) is 14. The summed E-state index contributed by atoms with van der Waals surface area (Å²) < 4.78 is 33.4. The largest absolute Gasteiger partial charge is 0.330 e. The number of hydrogen-bond donors (Lipinski definition) is 2. The third kappa shape index (κ3) is 3.21. The zero-order chi connectivity index (χ0) is 17.2. The third-order valence-electron chi connectivity index (χ3n) is 4.84. The highest BCUT2D eigenvalue weighted by atomic mass is 79.9. The summed E-state index contributed by atoms with van der Waals surface area (Å²) in [5.41, 5.74) is -0.215. The van der Waals surface area contributed by atoms with Crippen LogP contribution in [0, 0.1) is 0 Å². The lowest BCUT2D eigenvalue weighted by molar-refractivity contribution is -0.275. The Morgan fingerprint density at radius 3 is 1.61 bits per heavy atom. The molecule has 6 saturated heterocycles. The van der Waals surface area contributed by atoms with Gasteiger partial charge in [-0.15, -0.1) is 57.5 Å². The van der Waals surface area contributed by atoms with Gasteiger partial charge >= 0.3 is 11.8 Å². The van der Waals surface area contributed by atoms with Crippen LogP contribution in [0.1, 0.15) is 0 Å². The molecule has 0 aromatic rings. The van der Waals surface area contributed by atoms with Gasteiger partial charge in [0.2, 0.25) is 0 Å². The highest BCUT2D eigenvalue weighted by Gasteiger charge is 2.66. The summed E-state index contributed by atoms with van der Waals surface area (Å²) >= 11 is 3.38. The van der Waals surface area contributed by atoms with Gasteiger partial charge in [0.1, 0.15) is 11.0 Å². The van der Waals surface area contributed by atoms with Crippen LogP contribution in [-0.2, 0) is 38.1 Å². The smallest absolute Gasteiger partial charge is 0.300 e. The van der Waals surface area contributed by atoms with E-state index in [-0.39, 0.29) is 84.6 Å². The lowest BCUT2D eigenvalue weighted by Gasteiger charge is -2.26. The van der Waals surface area contributed by atoms with Crippen LogP contribution >= 0.6 is 57.5 Å². The van der Waals surface area contributed by atoms with Crippen molar-refractivity contribution in [2.24, 2.45) is 0 Å². The Balaban J connectivity index is 0.000000961. The minimum Gasteiger partial charge on any atom is -0.330 e. The Morgan fingerprint density at radius 1 is 0.714 bits per heavy atom. The fourth-order valence-electron chi connectivity index (χ4n) is 3.68. The molecule has 0 bridgehead atoms. The number of nitrogens with one attached hydrogen (secondary N) is 2. The van der Waals surface area contributed by atoms with Crippen LogP contribution in [0.5, 0.6) is 0 Å². The Labute approximate surface area is 189 Å². The molecule has 6 fully saturated rings. The van der Waals surface area contributed by atoms with E-state index in [1.54, 1.807) is 33.7 Å². The van der Waals surface area contributed by atoms with Crippen molar-refractivity contribution >= 4 is 57.5 Å². The van der Waals surface area contributed by atoms with Crippen molar-refractivity contribution in [3.63, 3.8) is 0 Å². The van der Waals surface area contributed by atoms with Crippen molar-refractivity contribution < 1.29 is 38.1 Å². The second-order valence-corrected chi connectivity index (χ2v) is 8.47. The van der Waals surface area contributed by atoms with Crippen molar-refractivity contribution in [3.8, 4) is 0 Å². The van der Waals surface area contributed by atoms with Gasteiger partial charge in [-0.2, -0.15) is 0 Å². The zero-order valence-electron chi connectivity index (χ0n) is 14.3. The molecule has 0 aliphatic carbocycles. The van der Waals surface area contributed by atoms with Gasteiger partial charge in [0, 0.05) is 11.5 Å². The Bertz CT molecular complexity index is 536. The van der Waals surface area contributed by atoms with Crippen molar-refractivity contribution in [1.82, 2.24) is 20.8 Å². The van der Waals surface area contributed by atoms with E-state index in [2.05, 4.69) is 10.6 Å². The molecule has 0 radical (unpaired) electrons. The van der Waals surface area contributed by atoms with Crippen LogP contribution in [0.3, 0.4) is 0 Å². The van der Waals surface area contributed by atoms with E-state index < -0.39 is 11.8 Å². The van der Waals surface area contributed by atoms with Crippen molar-refractivity contribution in [3.05, 3.63) is 0 Å². The molecular weight excluding hydrogens is 552 g/mol. The third-order valence-corrected chi connectivity index (χ3v) is 7.27. The quantitative estimate of drug-likeness (QED) is 0.425. The summed E-state index contributed by atoms with van der Waals surface area (Å²) in [5, 5.41) is 10.0. The molecule has 2 N–H and O–H groups in total.